The van der Waals surface area contributed by atoms with E-state index >= 15 is 0 Å². The minimum atomic E-state index is -0.717. The number of nitrogens with one attached hydrogen (secondary N) is 1. The molecule has 1 unspecified atom stereocenters. The van der Waals surface area contributed by atoms with Gasteiger partial charge in [0.2, 0.25) is 0 Å². The largest absolute Gasteiger partial charge is 0.481 e. The van der Waals surface area contributed by atoms with Gasteiger partial charge in [0, 0.05) is 44.5 Å². The first kappa shape index (κ1) is 19.1. The summed E-state index contributed by atoms with van der Waals surface area (Å²) in [4.78, 5) is 16.9. The molecular weight excluding hydrogens is 301 g/mol. The summed E-state index contributed by atoms with van der Waals surface area (Å²) in [6.07, 6.45) is 4.56. The maximum atomic E-state index is 10.6. The van der Waals surface area contributed by atoms with Crippen LogP contribution in [0.5, 0.6) is 0 Å². The summed E-state index contributed by atoms with van der Waals surface area (Å²) in [5.74, 6) is -0.717. The van der Waals surface area contributed by atoms with Gasteiger partial charge in [-0.2, -0.15) is 0 Å². The topological polar surface area (TPSA) is 65.5 Å². The lowest BCUT2D eigenvalue weighted by Crippen LogP contribution is -2.46. The van der Waals surface area contributed by atoms with Gasteiger partial charge in [-0.15, -0.1) is 24.8 Å². The van der Waals surface area contributed by atoms with Crippen LogP contribution in [-0.4, -0.2) is 47.1 Å². The van der Waals surface area contributed by atoms with E-state index in [-0.39, 0.29) is 31.2 Å². The maximum absolute atomic E-state index is 10.6. The molecule has 1 saturated heterocycles. The first-order chi connectivity index (χ1) is 8.77. The molecule has 5 nitrogen and oxygen atoms in total. The summed E-state index contributed by atoms with van der Waals surface area (Å²) in [6.45, 7) is 3.68. The van der Waals surface area contributed by atoms with E-state index in [0.717, 1.165) is 26.2 Å². The smallest absolute Gasteiger partial charge is 0.303 e. The zero-order chi connectivity index (χ0) is 12.8. The SMILES string of the molecule is Cl.Cl.O=C(O)CCCN1CCNCC1c1ccncc1. The molecule has 1 aromatic heterocycles. The number of aliphatic carboxylic acids is 1. The highest BCUT2D eigenvalue weighted by atomic mass is 35.5. The van der Waals surface area contributed by atoms with Crippen molar-refractivity contribution in [3.63, 3.8) is 0 Å². The zero-order valence-corrected chi connectivity index (χ0v) is 12.8. The molecule has 0 radical (unpaired) electrons. The Hall–Kier alpha value is -0.880. The van der Waals surface area contributed by atoms with E-state index in [4.69, 9.17) is 5.11 Å². The van der Waals surface area contributed by atoms with E-state index < -0.39 is 5.97 Å². The zero-order valence-electron chi connectivity index (χ0n) is 11.2. The number of carbonyl (C=O) groups is 1. The highest BCUT2D eigenvalue weighted by Gasteiger charge is 2.23. The minimum Gasteiger partial charge on any atom is -0.481 e. The number of hydrogen-bond acceptors (Lipinski definition) is 4. The summed E-state index contributed by atoms with van der Waals surface area (Å²) in [5, 5.41) is 12.1. The van der Waals surface area contributed by atoms with Crippen molar-refractivity contribution in [2.24, 2.45) is 0 Å². The molecule has 20 heavy (non-hydrogen) atoms. The van der Waals surface area contributed by atoms with Gasteiger partial charge in [0.05, 0.1) is 0 Å². The van der Waals surface area contributed by atoms with Crippen LogP contribution >= 0.6 is 24.8 Å². The summed E-state index contributed by atoms with van der Waals surface area (Å²) in [7, 11) is 0. The lowest BCUT2D eigenvalue weighted by atomic mass is 10.0. The molecule has 1 aromatic rings. The first-order valence-electron chi connectivity index (χ1n) is 6.34. The van der Waals surface area contributed by atoms with Crippen LogP contribution in [0.1, 0.15) is 24.4 Å². The van der Waals surface area contributed by atoms with E-state index in [2.05, 4.69) is 15.2 Å². The second-order valence-electron chi connectivity index (χ2n) is 4.53. The molecule has 1 atom stereocenters. The fourth-order valence-corrected chi connectivity index (χ4v) is 2.36. The second kappa shape index (κ2) is 9.94. The summed E-state index contributed by atoms with van der Waals surface area (Å²) in [5.41, 5.74) is 1.24. The average molecular weight is 322 g/mol. The predicted octanol–water partition coefficient (Wildman–Crippen LogP) is 1.74. The number of halogens is 2. The quantitative estimate of drug-likeness (QED) is 0.864. The monoisotopic (exact) mass is 321 g/mol. The number of carboxylic acid groups (broad SMARTS) is 1. The third-order valence-corrected chi connectivity index (χ3v) is 3.28. The number of pyridine rings is 1. The van der Waals surface area contributed by atoms with Crippen LogP contribution in [0.25, 0.3) is 0 Å². The van der Waals surface area contributed by atoms with Gasteiger partial charge in [-0.05, 0) is 30.7 Å². The molecule has 1 aliphatic rings. The normalized spacial score (nSPS) is 18.7. The van der Waals surface area contributed by atoms with E-state index in [0.29, 0.717) is 12.5 Å². The van der Waals surface area contributed by atoms with Crippen LogP contribution in [0.2, 0.25) is 0 Å². The Bertz CT molecular complexity index is 392. The molecule has 2 rings (SSSR count). The third kappa shape index (κ3) is 5.63. The number of aromatic nitrogens is 1. The third-order valence-electron chi connectivity index (χ3n) is 3.28. The Morgan fingerprint density at radius 3 is 2.75 bits per heavy atom. The minimum absolute atomic E-state index is 0. The second-order valence-corrected chi connectivity index (χ2v) is 4.53. The van der Waals surface area contributed by atoms with Crippen LogP contribution in [0.4, 0.5) is 0 Å². The van der Waals surface area contributed by atoms with Gasteiger partial charge < -0.3 is 10.4 Å². The van der Waals surface area contributed by atoms with E-state index in [1.165, 1.54) is 5.56 Å². The molecule has 0 saturated carbocycles. The Morgan fingerprint density at radius 1 is 1.40 bits per heavy atom. The van der Waals surface area contributed by atoms with Crippen molar-refractivity contribution < 1.29 is 9.90 Å². The molecule has 1 fully saturated rings. The highest BCUT2D eigenvalue weighted by Crippen LogP contribution is 2.21. The molecule has 0 spiro atoms. The van der Waals surface area contributed by atoms with Crippen LogP contribution < -0.4 is 5.32 Å². The van der Waals surface area contributed by atoms with Gasteiger partial charge in [0.25, 0.3) is 0 Å². The summed E-state index contributed by atoms with van der Waals surface area (Å²) >= 11 is 0. The number of rotatable bonds is 5. The number of piperazine rings is 1. The molecule has 1 aliphatic heterocycles. The van der Waals surface area contributed by atoms with Gasteiger partial charge in [-0.3, -0.25) is 14.7 Å². The van der Waals surface area contributed by atoms with E-state index in [1.807, 2.05) is 12.1 Å². The molecular formula is C13H21Cl2N3O2. The van der Waals surface area contributed by atoms with Crippen LogP contribution in [0.3, 0.4) is 0 Å². The Labute approximate surface area is 131 Å². The van der Waals surface area contributed by atoms with Gasteiger partial charge >= 0.3 is 5.97 Å². The van der Waals surface area contributed by atoms with Gasteiger partial charge in [-0.25, -0.2) is 0 Å². The maximum Gasteiger partial charge on any atom is 0.303 e. The Morgan fingerprint density at radius 2 is 2.10 bits per heavy atom. The van der Waals surface area contributed by atoms with Gasteiger partial charge in [-0.1, -0.05) is 0 Å². The summed E-state index contributed by atoms with van der Waals surface area (Å²) in [6, 6.07) is 4.39. The lowest BCUT2D eigenvalue weighted by Gasteiger charge is -2.36. The summed E-state index contributed by atoms with van der Waals surface area (Å²) < 4.78 is 0. The van der Waals surface area contributed by atoms with Crippen LogP contribution in [0.15, 0.2) is 24.5 Å². The molecule has 114 valence electrons. The fraction of sp³-hybridized carbons (Fsp3) is 0.538. The van der Waals surface area contributed by atoms with Crippen molar-refractivity contribution in [3.05, 3.63) is 30.1 Å². The van der Waals surface area contributed by atoms with E-state index in [9.17, 15) is 4.79 Å². The van der Waals surface area contributed by atoms with Crippen molar-refractivity contribution >= 4 is 30.8 Å². The number of nitrogens with zero attached hydrogens (tertiary/aromatic N) is 2. The predicted molar refractivity (Wildman–Crippen MR) is 82.8 cm³/mol. The first-order valence-corrected chi connectivity index (χ1v) is 6.34. The Balaban J connectivity index is 0.00000180. The molecule has 0 aromatic carbocycles. The molecule has 0 bridgehead atoms. The Kier molecular flexibility index (Phi) is 9.50. The molecule has 2 N–H and O–H groups in total. The average Bonchev–Trinajstić information content (AvgIpc) is 2.40. The van der Waals surface area contributed by atoms with Crippen molar-refractivity contribution in [1.29, 1.82) is 0 Å². The molecule has 2 heterocycles. The standard InChI is InChI=1S/C13H19N3O2.2ClH/c17-13(18)2-1-8-16-9-7-15-10-12(16)11-3-5-14-6-4-11;;/h3-6,12,15H,1-2,7-10H2,(H,17,18);2*1H. The molecule has 7 heteroatoms. The molecule has 0 amide bonds. The molecule has 0 aliphatic carbocycles. The fourth-order valence-electron chi connectivity index (χ4n) is 2.36. The number of hydrogen-bond donors (Lipinski definition) is 2. The highest BCUT2D eigenvalue weighted by molar-refractivity contribution is 5.85. The van der Waals surface area contributed by atoms with Crippen molar-refractivity contribution in [3.8, 4) is 0 Å². The van der Waals surface area contributed by atoms with Crippen molar-refractivity contribution in [2.75, 3.05) is 26.2 Å². The lowest BCUT2D eigenvalue weighted by molar-refractivity contribution is -0.137. The number of carboxylic acids is 1. The van der Waals surface area contributed by atoms with Crippen LogP contribution in [0, 0.1) is 0 Å². The van der Waals surface area contributed by atoms with Crippen molar-refractivity contribution in [2.45, 2.75) is 18.9 Å². The van der Waals surface area contributed by atoms with Crippen LogP contribution in [-0.2, 0) is 4.79 Å². The van der Waals surface area contributed by atoms with Crippen molar-refractivity contribution in [1.82, 2.24) is 15.2 Å². The van der Waals surface area contributed by atoms with Gasteiger partial charge in [0.15, 0.2) is 0 Å². The van der Waals surface area contributed by atoms with E-state index in [1.54, 1.807) is 12.4 Å². The van der Waals surface area contributed by atoms with Gasteiger partial charge in [0.1, 0.15) is 0 Å².